The minimum absolute atomic E-state index is 0.0112. The summed E-state index contributed by atoms with van der Waals surface area (Å²) in [5.41, 5.74) is 0.705. The molecule has 1 aromatic rings. The molecule has 0 aliphatic heterocycles. The van der Waals surface area contributed by atoms with Gasteiger partial charge >= 0.3 is 5.97 Å². The van der Waals surface area contributed by atoms with Gasteiger partial charge in [-0.2, -0.15) is 0 Å². The lowest BCUT2D eigenvalue weighted by Gasteiger charge is -2.39. The van der Waals surface area contributed by atoms with Crippen molar-refractivity contribution in [1.29, 1.82) is 0 Å². The molecule has 20 heavy (non-hydrogen) atoms. The molecule has 0 radical (unpaired) electrons. The number of rotatable bonds is 6. The third-order valence-corrected chi connectivity index (χ3v) is 4.11. The summed E-state index contributed by atoms with van der Waals surface area (Å²) in [4.78, 5) is 23.6. The van der Waals surface area contributed by atoms with E-state index in [9.17, 15) is 9.59 Å². The Labute approximate surface area is 119 Å². The van der Waals surface area contributed by atoms with Crippen molar-refractivity contribution in [3.05, 3.63) is 35.9 Å². The second-order valence-corrected chi connectivity index (χ2v) is 5.32. The molecule has 108 valence electrons. The predicted octanol–water partition coefficient (Wildman–Crippen LogP) is 2.43. The van der Waals surface area contributed by atoms with Crippen LogP contribution in [0.5, 0.6) is 0 Å². The Bertz CT molecular complexity index is 460. The quantitative estimate of drug-likeness (QED) is 0.811. The Morgan fingerprint density at radius 1 is 1.25 bits per heavy atom. The van der Waals surface area contributed by atoms with Crippen LogP contribution in [0.25, 0.3) is 0 Å². The minimum Gasteiger partial charge on any atom is -0.460 e. The van der Waals surface area contributed by atoms with E-state index in [0.29, 0.717) is 0 Å². The molecule has 1 fully saturated rings. The van der Waals surface area contributed by atoms with Crippen LogP contribution in [-0.2, 0) is 20.9 Å². The number of hydrogen-bond acceptors (Lipinski definition) is 3. The average Bonchev–Trinajstić information content (AvgIpc) is 2.43. The van der Waals surface area contributed by atoms with E-state index in [-0.39, 0.29) is 24.5 Å². The number of carbonyl (C=O) groups is 2. The third-order valence-electron chi connectivity index (χ3n) is 4.11. The van der Waals surface area contributed by atoms with Crippen LogP contribution in [0, 0.1) is 5.41 Å². The van der Waals surface area contributed by atoms with Crippen molar-refractivity contribution in [3.8, 4) is 0 Å². The van der Waals surface area contributed by atoms with E-state index >= 15 is 0 Å². The monoisotopic (exact) mass is 275 g/mol. The highest BCUT2D eigenvalue weighted by molar-refractivity contribution is 5.86. The molecular weight excluding hydrogens is 254 g/mol. The second kappa shape index (κ2) is 6.55. The highest BCUT2D eigenvalue weighted by Crippen LogP contribution is 2.43. The summed E-state index contributed by atoms with van der Waals surface area (Å²) in [5.74, 6) is -0.407. The predicted molar refractivity (Wildman–Crippen MR) is 75.8 cm³/mol. The Hall–Kier alpha value is -1.84. The summed E-state index contributed by atoms with van der Waals surface area (Å²) in [6, 6.07) is 9.49. The molecule has 1 amide bonds. The molecule has 0 spiro atoms. The zero-order valence-corrected chi connectivity index (χ0v) is 11.9. The van der Waals surface area contributed by atoms with Crippen LogP contribution in [0.15, 0.2) is 30.3 Å². The van der Waals surface area contributed by atoms with Gasteiger partial charge in [-0.15, -0.1) is 0 Å². The maximum Gasteiger partial charge on any atom is 0.325 e. The topological polar surface area (TPSA) is 55.4 Å². The van der Waals surface area contributed by atoms with Crippen LogP contribution in [0.3, 0.4) is 0 Å². The Morgan fingerprint density at radius 2 is 1.95 bits per heavy atom. The fourth-order valence-electron chi connectivity index (χ4n) is 2.47. The van der Waals surface area contributed by atoms with E-state index in [1.165, 1.54) is 0 Å². The molecule has 1 N–H and O–H groups in total. The van der Waals surface area contributed by atoms with E-state index in [1.807, 2.05) is 37.3 Å². The lowest BCUT2D eigenvalue weighted by molar-refractivity contribution is -0.147. The van der Waals surface area contributed by atoms with Crippen molar-refractivity contribution < 1.29 is 14.3 Å². The van der Waals surface area contributed by atoms with Gasteiger partial charge in [0.25, 0.3) is 0 Å². The van der Waals surface area contributed by atoms with Crippen molar-refractivity contribution >= 4 is 11.9 Å². The molecule has 0 atom stereocenters. The summed E-state index contributed by atoms with van der Waals surface area (Å²) in [6.07, 6.45) is 3.78. The van der Waals surface area contributed by atoms with Crippen LogP contribution in [0.4, 0.5) is 0 Å². The normalized spacial score (nSPS) is 16.1. The van der Waals surface area contributed by atoms with Crippen LogP contribution >= 0.6 is 0 Å². The average molecular weight is 275 g/mol. The third kappa shape index (κ3) is 3.38. The lowest BCUT2D eigenvalue weighted by Crippen LogP contribution is -2.46. The van der Waals surface area contributed by atoms with Gasteiger partial charge in [0.1, 0.15) is 13.2 Å². The summed E-state index contributed by atoms with van der Waals surface area (Å²) in [5, 5.41) is 2.70. The van der Waals surface area contributed by atoms with Gasteiger partial charge in [0.15, 0.2) is 0 Å². The lowest BCUT2D eigenvalue weighted by atomic mass is 9.66. The van der Waals surface area contributed by atoms with Crippen molar-refractivity contribution in [2.24, 2.45) is 5.41 Å². The van der Waals surface area contributed by atoms with Gasteiger partial charge in [0.05, 0.1) is 0 Å². The second-order valence-electron chi connectivity index (χ2n) is 5.32. The molecule has 0 bridgehead atoms. The van der Waals surface area contributed by atoms with Crippen LogP contribution < -0.4 is 5.32 Å². The van der Waals surface area contributed by atoms with Gasteiger partial charge in [-0.25, -0.2) is 0 Å². The first-order valence-electron chi connectivity index (χ1n) is 7.14. The molecule has 0 aromatic heterocycles. The molecule has 0 heterocycles. The maximum absolute atomic E-state index is 12.0. The highest BCUT2D eigenvalue weighted by atomic mass is 16.5. The van der Waals surface area contributed by atoms with Gasteiger partial charge in [-0.3, -0.25) is 9.59 Å². The summed E-state index contributed by atoms with van der Waals surface area (Å²) in [6.45, 7) is 2.22. The molecule has 1 aliphatic rings. The number of carbonyl (C=O) groups excluding carboxylic acids is 2. The molecule has 1 aliphatic carbocycles. The van der Waals surface area contributed by atoms with E-state index in [4.69, 9.17) is 4.74 Å². The van der Waals surface area contributed by atoms with E-state index in [1.54, 1.807) is 0 Å². The Kier molecular flexibility index (Phi) is 4.77. The molecule has 1 saturated carbocycles. The van der Waals surface area contributed by atoms with Gasteiger partial charge < -0.3 is 10.1 Å². The van der Waals surface area contributed by atoms with Crippen molar-refractivity contribution in [2.75, 3.05) is 6.54 Å². The van der Waals surface area contributed by atoms with E-state index < -0.39 is 5.97 Å². The smallest absolute Gasteiger partial charge is 0.325 e. The number of amides is 1. The molecule has 2 rings (SSSR count). The fourth-order valence-corrected chi connectivity index (χ4v) is 2.47. The molecule has 0 saturated heterocycles. The molecule has 1 aromatic carbocycles. The van der Waals surface area contributed by atoms with Gasteiger partial charge in [0.2, 0.25) is 5.91 Å². The van der Waals surface area contributed by atoms with Crippen molar-refractivity contribution in [3.63, 3.8) is 0 Å². The van der Waals surface area contributed by atoms with Crippen LogP contribution in [-0.4, -0.2) is 18.4 Å². The SMILES string of the molecule is CCC1(C(=O)NCC(=O)OCc2ccccc2)CCC1. The molecular formula is C16H21NO3. The molecule has 4 nitrogen and oxygen atoms in total. The van der Waals surface area contributed by atoms with Gasteiger partial charge in [-0.1, -0.05) is 43.7 Å². The zero-order valence-electron chi connectivity index (χ0n) is 11.9. The first-order valence-corrected chi connectivity index (χ1v) is 7.14. The largest absolute Gasteiger partial charge is 0.460 e. The number of esters is 1. The molecule has 0 unspecified atom stereocenters. The Morgan fingerprint density at radius 3 is 2.50 bits per heavy atom. The van der Waals surface area contributed by atoms with Gasteiger partial charge in [-0.05, 0) is 24.8 Å². The summed E-state index contributed by atoms with van der Waals surface area (Å²) >= 11 is 0. The minimum atomic E-state index is -0.396. The Balaban J connectivity index is 1.71. The zero-order chi connectivity index (χ0) is 14.4. The number of benzene rings is 1. The fraction of sp³-hybridized carbons (Fsp3) is 0.500. The standard InChI is InChI=1S/C16H21NO3/c1-2-16(9-6-10-16)15(19)17-11-14(18)20-12-13-7-4-3-5-8-13/h3-5,7-8H,2,6,9-12H2,1H3,(H,17,19). The number of hydrogen-bond donors (Lipinski definition) is 1. The first-order chi connectivity index (χ1) is 9.66. The van der Waals surface area contributed by atoms with E-state index in [0.717, 1.165) is 31.2 Å². The van der Waals surface area contributed by atoms with Crippen LogP contribution in [0.2, 0.25) is 0 Å². The van der Waals surface area contributed by atoms with Crippen molar-refractivity contribution in [2.45, 2.75) is 39.2 Å². The van der Waals surface area contributed by atoms with E-state index in [2.05, 4.69) is 5.32 Å². The molecule has 4 heteroatoms. The summed E-state index contributed by atoms with van der Waals surface area (Å²) < 4.78 is 5.12. The van der Waals surface area contributed by atoms with Crippen molar-refractivity contribution in [1.82, 2.24) is 5.32 Å². The highest BCUT2D eigenvalue weighted by Gasteiger charge is 2.42. The van der Waals surface area contributed by atoms with Gasteiger partial charge in [0, 0.05) is 5.41 Å². The van der Waals surface area contributed by atoms with Crippen LogP contribution in [0.1, 0.15) is 38.2 Å². The maximum atomic E-state index is 12.0. The summed E-state index contributed by atoms with van der Waals surface area (Å²) in [7, 11) is 0. The number of ether oxygens (including phenoxy) is 1. The number of nitrogens with one attached hydrogen (secondary N) is 1. The first kappa shape index (κ1) is 14.6.